The molecule has 3 aromatic rings. The number of carboxylic acid groups (broad SMARTS) is 1. The molecule has 1 spiro atoms. The van der Waals surface area contributed by atoms with Gasteiger partial charge in [-0.25, -0.2) is 14.3 Å². The molecule has 2 aliphatic heterocycles. The molecular weight excluding hydrogens is 380 g/mol. The molecule has 1 amide bonds. The number of carbonyl (C=O) groups is 2. The van der Waals surface area contributed by atoms with E-state index in [9.17, 15) is 14.7 Å². The molecule has 3 aromatic heterocycles. The number of thiophene rings is 1. The van der Waals surface area contributed by atoms with Crippen LogP contribution in [-0.2, 0) is 16.8 Å². The highest BCUT2D eigenvalue weighted by atomic mass is 32.1. The highest BCUT2D eigenvalue weighted by molar-refractivity contribution is 7.14. The van der Waals surface area contributed by atoms with E-state index in [1.807, 2.05) is 11.0 Å². The van der Waals surface area contributed by atoms with Gasteiger partial charge in [0.2, 0.25) is 0 Å². The third-order valence-corrected chi connectivity index (χ3v) is 6.91. The minimum Gasteiger partial charge on any atom is -0.477 e. The Morgan fingerprint density at radius 1 is 1.25 bits per heavy atom. The fourth-order valence-electron chi connectivity index (χ4n) is 4.14. The molecule has 9 heteroatoms. The van der Waals surface area contributed by atoms with Gasteiger partial charge >= 0.3 is 5.97 Å². The number of rotatable bonds is 2. The molecule has 8 nitrogen and oxygen atoms in total. The summed E-state index contributed by atoms with van der Waals surface area (Å²) in [5, 5.41) is 13.5. The van der Waals surface area contributed by atoms with Crippen molar-refractivity contribution >= 4 is 28.9 Å². The van der Waals surface area contributed by atoms with Crippen LogP contribution < -0.4 is 0 Å². The second kappa shape index (κ2) is 6.39. The number of aromatic nitrogens is 3. The van der Waals surface area contributed by atoms with Crippen LogP contribution in [0, 0.1) is 0 Å². The van der Waals surface area contributed by atoms with Crippen molar-refractivity contribution in [2.75, 3.05) is 19.7 Å². The van der Waals surface area contributed by atoms with Gasteiger partial charge in [0.05, 0.1) is 6.61 Å². The van der Waals surface area contributed by atoms with Crippen LogP contribution >= 0.6 is 11.3 Å². The molecule has 5 rings (SSSR count). The highest BCUT2D eigenvalue weighted by Gasteiger charge is 2.43. The third-order valence-electron chi connectivity index (χ3n) is 5.56. The number of hydrogen-bond donors (Lipinski definition) is 1. The number of aromatic carboxylic acids is 1. The Hall–Kier alpha value is -2.78. The number of amides is 1. The standard InChI is InChI=1S/C19H18N4O4S/c24-17(13-2-1-3-15-20-11-21-23(13)15)22-7-5-19(6-8-22)16-12(4-9-27-19)10-14(28-16)18(25)26/h1-3,10-11H,4-9H2,(H,25,26). The van der Waals surface area contributed by atoms with Gasteiger partial charge in [-0.1, -0.05) is 6.07 Å². The number of likely N-dealkylation sites (tertiary alicyclic amines) is 1. The van der Waals surface area contributed by atoms with Gasteiger partial charge in [0.25, 0.3) is 5.91 Å². The molecule has 0 bridgehead atoms. The fraction of sp³-hybridized carbons (Fsp3) is 0.368. The molecule has 1 fully saturated rings. The predicted octanol–water partition coefficient (Wildman–Crippen LogP) is 2.19. The zero-order valence-corrected chi connectivity index (χ0v) is 15.8. The first-order valence-corrected chi connectivity index (χ1v) is 9.97. The number of piperidine rings is 1. The molecule has 0 radical (unpaired) electrons. The van der Waals surface area contributed by atoms with E-state index in [0.717, 1.165) is 16.9 Å². The second-order valence-electron chi connectivity index (χ2n) is 7.10. The number of carbonyl (C=O) groups excluding carboxylic acids is 1. The highest BCUT2D eigenvalue weighted by Crippen LogP contribution is 2.45. The van der Waals surface area contributed by atoms with Gasteiger partial charge in [0, 0.05) is 18.0 Å². The van der Waals surface area contributed by atoms with Crippen LogP contribution in [0.1, 0.15) is 43.4 Å². The molecule has 1 N–H and O–H groups in total. The van der Waals surface area contributed by atoms with Crippen LogP contribution in [0.3, 0.4) is 0 Å². The Morgan fingerprint density at radius 2 is 2.07 bits per heavy atom. The molecular formula is C19H18N4O4S. The largest absolute Gasteiger partial charge is 0.477 e. The average molecular weight is 398 g/mol. The second-order valence-corrected chi connectivity index (χ2v) is 8.15. The molecule has 1 saturated heterocycles. The molecule has 2 aliphatic rings. The maximum Gasteiger partial charge on any atom is 0.345 e. The lowest BCUT2D eigenvalue weighted by Crippen LogP contribution is -2.48. The van der Waals surface area contributed by atoms with Crippen molar-refractivity contribution in [3.8, 4) is 0 Å². The molecule has 28 heavy (non-hydrogen) atoms. The van der Waals surface area contributed by atoms with Crippen LogP contribution in [-0.4, -0.2) is 56.2 Å². The lowest BCUT2D eigenvalue weighted by atomic mass is 9.85. The van der Waals surface area contributed by atoms with Crippen molar-refractivity contribution in [1.29, 1.82) is 0 Å². The quantitative estimate of drug-likeness (QED) is 0.711. The van der Waals surface area contributed by atoms with Gasteiger partial charge in [-0.05, 0) is 43.0 Å². The maximum atomic E-state index is 13.0. The Bertz CT molecular complexity index is 1080. The molecule has 0 aromatic carbocycles. The summed E-state index contributed by atoms with van der Waals surface area (Å²) >= 11 is 1.31. The van der Waals surface area contributed by atoms with Gasteiger partial charge in [0.15, 0.2) is 5.65 Å². The van der Waals surface area contributed by atoms with Crippen LogP contribution in [0.4, 0.5) is 0 Å². The monoisotopic (exact) mass is 398 g/mol. The van der Waals surface area contributed by atoms with Crippen LogP contribution in [0.25, 0.3) is 5.65 Å². The first-order chi connectivity index (χ1) is 13.6. The normalized spacial score (nSPS) is 18.4. The van der Waals surface area contributed by atoms with Gasteiger partial charge in [-0.3, -0.25) is 4.79 Å². The zero-order chi connectivity index (χ0) is 19.3. The smallest absolute Gasteiger partial charge is 0.345 e. The van der Waals surface area contributed by atoms with Gasteiger partial charge in [-0.2, -0.15) is 5.10 Å². The Morgan fingerprint density at radius 3 is 2.86 bits per heavy atom. The number of pyridine rings is 1. The van der Waals surface area contributed by atoms with Crippen molar-refractivity contribution in [2.24, 2.45) is 0 Å². The van der Waals surface area contributed by atoms with Gasteiger partial charge < -0.3 is 14.7 Å². The maximum absolute atomic E-state index is 13.0. The predicted molar refractivity (Wildman–Crippen MR) is 101 cm³/mol. The van der Waals surface area contributed by atoms with Crippen LogP contribution in [0.2, 0.25) is 0 Å². The first kappa shape index (κ1) is 17.3. The van der Waals surface area contributed by atoms with Crippen molar-refractivity contribution in [1.82, 2.24) is 19.5 Å². The minimum atomic E-state index is -0.900. The topological polar surface area (TPSA) is 97.0 Å². The SMILES string of the molecule is O=C(O)c1cc2c(s1)C1(CCN(C(=O)c3cccc4ncnn34)CC1)OCC2. The average Bonchev–Trinajstić information content (AvgIpc) is 3.36. The van der Waals surface area contributed by atoms with Crippen molar-refractivity contribution < 1.29 is 19.4 Å². The molecule has 0 aliphatic carbocycles. The first-order valence-electron chi connectivity index (χ1n) is 9.16. The van der Waals surface area contributed by atoms with Gasteiger partial charge in [0.1, 0.15) is 22.5 Å². The molecule has 144 valence electrons. The van der Waals surface area contributed by atoms with Crippen LogP contribution in [0.5, 0.6) is 0 Å². The molecule has 0 saturated carbocycles. The number of nitrogens with zero attached hydrogens (tertiary/aromatic N) is 4. The third kappa shape index (κ3) is 2.61. The summed E-state index contributed by atoms with van der Waals surface area (Å²) in [4.78, 5) is 31.7. The molecule has 5 heterocycles. The van der Waals surface area contributed by atoms with E-state index in [0.29, 0.717) is 48.8 Å². The van der Waals surface area contributed by atoms with Crippen LogP contribution in [0.15, 0.2) is 30.6 Å². The van der Waals surface area contributed by atoms with E-state index >= 15 is 0 Å². The summed E-state index contributed by atoms with van der Waals surface area (Å²) in [6, 6.07) is 7.14. The number of fused-ring (bicyclic) bond motifs is 3. The lowest BCUT2D eigenvalue weighted by molar-refractivity contribution is -0.0906. The van der Waals surface area contributed by atoms with E-state index in [2.05, 4.69) is 10.1 Å². The zero-order valence-electron chi connectivity index (χ0n) is 15.0. The summed E-state index contributed by atoms with van der Waals surface area (Å²) in [7, 11) is 0. The Labute approximate surface area is 164 Å². The van der Waals surface area contributed by atoms with E-state index in [4.69, 9.17) is 4.74 Å². The molecule has 0 atom stereocenters. The summed E-state index contributed by atoms with van der Waals surface area (Å²) in [6.45, 7) is 1.67. The molecule has 0 unspecified atom stereocenters. The summed E-state index contributed by atoms with van der Waals surface area (Å²) < 4.78 is 7.73. The van der Waals surface area contributed by atoms with E-state index < -0.39 is 11.6 Å². The van der Waals surface area contributed by atoms with Crippen molar-refractivity contribution in [3.63, 3.8) is 0 Å². The van der Waals surface area contributed by atoms with E-state index in [1.54, 1.807) is 22.7 Å². The number of hydrogen-bond acceptors (Lipinski definition) is 6. The Balaban J connectivity index is 1.39. The lowest BCUT2D eigenvalue weighted by Gasteiger charge is -2.43. The summed E-state index contributed by atoms with van der Waals surface area (Å²) in [5.41, 5.74) is 1.71. The Kier molecular flexibility index (Phi) is 3.95. The van der Waals surface area contributed by atoms with Crippen molar-refractivity contribution in [3.05, 3.63) is 51.6 Å². The van der Waals surface area contributed by atoms with Gasteiger partial charge in [-0.15, -0.1) is 11.3 Å². The number of carboxylic acids is 1. The van der Waals surface area contributed by atoms with E-state index in [-0.39, 0.29) is 5.91 Å². The summed E-state index contributed by atoms with van der Waals surface area (Å²) in [6.07, 6.45) is 3.47. The fourth-order valence-corrected chi connectivity index (χ4v) is 5.39. The van der Waals surface area contributed by atoms with Crippen molar-refractivity contribution in [2.45, 2.75) is 24.9 Å². The van der Waals surface area contributed by atoms with E-state index in [1.165, 1.54) is 17.7 Å². The number of ether oxygens (including phenoxy) is 1. The minimum absolute atomic E-state index is 0.0839. The summed E-state index contributed by atoms with van der Waals surface area (Å²) in [5.74, 6) is -0.984.